The minimum absolute atomic E-state index is 0.0229. The number of aromatic nitrogens is 1. The lowest BCUT2D eigenvalue weighted by atomic mass is 10.1. The zero-order valence-corrected chi connectivity index (χ0v) is 16.0. The third kappa shape index (κ3) is 3.26. The van der Waals surface area contributed by atoms with Gasteiger partial charge in [-0.2, -0.15) is 0 Å². The van der Waals surface area contributed by atoms with Crippen LogP contribution in [-0.2, 0) is 14.6 Å². The molecule has 6 nitrogen and oxygen atoms in total. The van der Waals surface area contributed by atoms with Crippen molar-refractivity contribution in [3.05, 3.63) is 59.3 Å². The molecule has 0 aliphatic heterocycles. The SMILES string of the molecule is CCOC(=O)c1[nH]c2cccc(S(=O)(=O)c3ccc(C)cc3)c2c1C(C)=O. The summed E-state index contributed by atoms with van der Waals surface area (Å²) in [4.78, 5) is 27.5. The van der Waals surface area contributed by atoms with Gasteiger partial charge in [-0.05, 0) is 45.0 Å². The van der Waals surface area contributed by atoms with Gasteiger partial charge >= 0.3 is 5.97 Å². The predicted molar refractivity (Wildman–Crippen MR) is 101 cm³/mol. The van der Waals surface area contributed by atoms with Crippen LogP contribution in [0.1, 0.15) is 40.3 Å². The van der Waals surface area contributed by atoms with Crippen LogP contribution < -0.4 is 0 Å². The van der Waals surface area contributed by atoms with E-state index in [1.807, 2.05) is 6.92 Å². The first-order chi connectivity index (χ1) is 12.8. The van der Waals surface area contributed by atoms with E-state index < -0.39 is 21.6 Å². The van der Waals surface area contributed by atoms with Crippen molar-refractivity contribution in [1.29, 1.82) is 0 Å². The molecule has 1 N–H and O–H groups in total. The fourth-order valence-corrected chi connectivity index (χ4v) is 4.48. The fraction of sp³-hybridized carbons (Fsp3) is 0.200. The number of nitrogens with one attached hydrogen (secondary N) is 1. The van der Waals surface area contributed by atoms with Gasteiger partial charge in [-0.3, -0.25) is 4.79 Å². The van der Waals surface area contributed by atoms with Gasteiger partial charge in [0.25, 0.3) is 0 Å². The number of H-pyrrole nitrogens is 1. The van der Waals surface area contributed by atoms with Crippen molar-refractivity contribution in [1.82, 2.24) is 4.98 Å². The van der Waals surface area contributed by atoms with Crippen LogP contribution >= 0.6 is 0 Å². The van der Waals surface area contributed by atoms with Crippen LogP contribution in [-0.4, -0.2) is 31.8 Å². The Morgan fingerprint density at radius 3 is 2.33 bits per heavy atom. The Morgan fingerprint density at radius 2 is 1.74 bits per heavy atom. The van der Waals surface area contributed by atoms with Gasteiger partial charge in [0.2, 0.25) is 9.84 Å². The van der Waals surface area contributed by atoms with Crippen molar-refractivity contribution < 1.29 is 22.7 Å². The van der Waals surface area contributed by atoms with Gasteiger partial charge < -0.3 is 9.72 Å². The molecular formula is C20H19NO5S. The fourth-order valence-electron chi connectivity index (χ4n) is 2.99. The number of aryl methyl sites for hydroxylation is 1. The third-order valence-corrected chi connectivity index (χ3v) is 6.05. The van der Waals surface area contributed by atoms with E-state index in [0.717, 1.165) is 5.56 Å². The number of aromatic amines is 1. The van der Waals surface area contributed by atoms with E-state index in [2.05, 4.69) is 4.98 Å². The van der Waals surface area contributed by atoms with Crippen LogP contribution in [0.4, 0.5) is 0 Å². The number of benzene rings is 2. The Labute approximate surface area is 157 Å². The number of ketones is 1. The molecule has 0 fully saturated rings. The molecule has 0 unspecified atom stereocenters. The second kappa shape index (κ2) is 7.00. The molecule has 1 heterocycles. The Bertz CT molecular complexity index is 1140. The van der Waals surface area contributed by atoms with Crippen LogP contribution in [0.2, 0.25) is 0 Å². The highest BCUT2D eigenvalue weighted by Crippen LogP contribution is 2.33. The van der Waals surface area contributed by atoms with Crippen molar-refractivity contribution in [2.75, 3.05) is 6.61 Å². The molecule has 140 valence electrons. The topological polar surface area (TPSA) is 93.3 Å². The molecule has 0 aliphatic rings. The third-order valence-electron chi connectivity index (χ3n) is 4.24. The number of carbonyl (C=O) groups is 2. The van der Waals surface area contributed by atoms with Gasteiger partial charge in [0, 0.05) is 10.9 Å². The summed E-state index contributed by atoms with van der Waals surface area (Å²) in [5, 5.41) is 0.202. The molecule has 3 aromatic rings. The smallest absolute Gasteiger partial charge is 0.355 e. The van der Waals surface area contributed by atoms with Gasteiger partial charge in [0.1, 0.15) is 5.69 Å². The summed E-state index contributed by atoms with van der Waals surface area (Å²) < 4.78 is 31.4. The highest BCUT2D eigenvalue weighted by Gasteiger charge is 2.28. The van der Waals surface area contributed by atoms with Crippen molar-refractivity contribution in [2.24, 2.45) is 0 Å². The number of sulfone groups is 1. The van der Waals surface area contributed by atoms with E-state index in [4.69, 9.17) is 4.74 Å². The van der Waals surface area contributed by atoms with Crippen LogP contribution in [0.25, 0.3) is 10.9 Å². The second-order valence-electron chi connectivity index (χ2n) is 6.15. The molecule has 0 aliphatic carbocycles. The summed E-state index contributed by atoms with van der Waals surface area (Å²) in [6.45, 7) is 4.95. The first-order valence-electron chi connectivity index (χ1n) is 8.42. The monoisotopic (exact) mass is 385 g/mol. The summed E-state index contributed by atoms with van der Waals surface area (Å²) in [6, 6.07) is 11.1. The summed E-state index contributed by atoms with van der Waals surface area (Å²) in [6.07, 6.45) is 0. The maximum Gasteiger partial charge on any atom is 0.355 e. The van der Waals surface area contributed by atoms with Crippen LogP contribution in [0.5, 0.6) is 0 Å². The van der Waals surface area contributed by atoms with Crippen LogP contribution in [0, 0.1) is 6.92 Å². The number of carbonyl (C=O) groups excluding carboxylic acids is 2. The first-order valence-corrected chi connectivity index (χ1v) is 9.90. The highest BCUT2D eigenvalue weighted by molar-refractivity contribution is 7.91. The predicted octanol–water partition coefficient (Wildman–Crippen LogP) is 3.69. The molecule has 0 amide bonds. The molecule has 0 saturated heterocycles. The van der Waals surface area contributed by atoms with Gasteiger partial charge in [0.15, 0.2) is 5.78 Å². The van der Waals surface area contributed by atoms with Gasteiger partial charge in [0.05, 0.1) is 22.0 Å². The molecule has 0 spiro atoms. The van der Waals surface area contributed by atoms with Gasteiger partial charge in [-0.25, -0.2) is 13.2 Å². The van der Waals surface area contributed by atoms with Gasteiger partial charge in [-0.15, -0.1) is 0 Å². The first kappa shape index (κ1) is 18.8. The number of Topliss-reactive ketones (excluding diaryl/α,β-unsaturated/α-hetero) is 1. The Kier molecular flexibility index (Phi) is 4.89. The highest BCUT2D eigenvalue weighted by atomic mass is 32.2. The van der Waals surface area contributed by atoms with E-state index in [0.29, 0.717) is 5.52 Å². The lowest BCUT2D eigenvalue weighted by Gasteiger charge is -2.08. The number of fused-ring (bicyclic) bond motifs is 1. The average molecular weight is 385 g/mol. The Hall–Kier alpha value is -2.93. The van der Waals surface area contributed by atoms with Gasteiger partial charge in [-0.1, -0.05) is 23.8 Å². The molecule has 1 aromatic heterocycles. The second-order valence-corrected chi connectivity index (χ2v) is 8.06. The van der Waals surface area contributed by atoms with E-state index in [-0.39, 0.29) is 33.0 Å². The zero-order valence-electron chi connectivity index (χ0n) is 15.2. The maximum atomic E-state index is 13.2. The minimum atomic E-state index is -3.89. The molecular weight excluding hydrogens is 366 g/mol. The average Bonchev–Trinajstić information content (AvgIpc) is 3.02. The zero-order chi connectivity index (χ0) is 19.8. The number of hydrogen-bond acceptors (Lipinski definition) is 5. The van der Waals surface area contributed by atoms with E-state index in [1.165, 1.54) is 25.1 Å². The van der Waals surface area contributed by atoms with Crippen molar-refractivity contribution >= 4 is 32.5 Å². The largest absolute Gasteiger partial charge is 0.461 e. The Balaban J connectivity index is 2.33. The van der Waals surface area contributed by atoms with E-state index in [9.17, 15) is 18.0 Å². The summed E-state index contributed by atoms with van der Waals surface area (Å²) in [5.41, 5.74) is 1.31. The molecule has 27 heavy (non-hydrogen) atoms. The number of esters is 1. The number of rotatable bonds is 5. The van der Waals surface area contributed by atoms with Crippen LogP contribution in [0.3, 0.4) is 0 Å². The lowest BCUT2D eigenvalue weighted by Crippen LogP contribution is -2.10. The quantitative estimate of drug-likeness (QED) is 0.534. The Morgan fingerprint density at radius 1 is 1.07 bits per heavy atom. The molecule has 0 radical (unpaired) electrons. The standard InChI is InChI=1S/C20H19NO5S/c1-4-26-20(23)19-17(13(3)22)18-15(21-19)6-5-7-16(18)27(24,25)14-10-8-12(2)9-11-14/h5-11,21H,4H2,1-3H3. The van der Waals surface area contributed by atoms with E-state index in [1.54, 1.807) is 31.2 Å². The van der Waals surface area contributed by atoms with E-state index >= 15 is 0 Å². The molecule has 3 rings (SSSR count). The summed E-state index contributed by atoms with van der Waals surface area (Å²) in [7, 11) is -3.89. The van der Waals surface area contributed by atoms with Crippen molar-refractivity contribution in [2.45, 2.75) is 30.6 Å². The molecule has 0 atom stereocenters. The summed E-state index contributed by atoms with van der Waals surface area (Å²) in [5.74, 6) is -1.12. The molecule has 2 aromatic carbocycles. The number of ether oxygens (including phenoxy) is 1. The summed E-state index contributed by atoms with van der Waals surface area (Å²) >= 11 is 0. The molecule has 0 bridgehead atoms. The minimum Gasteiger partial charge on any atom is -0.461 e. The van der Waals surface area contributed by atoms with Crippen molar-refractivity contribution in [3.8, 4) is 0 Å². The normalized spacial score (nSPS) is 11.5. The molecule has 0 saturated carbocycles. The van der Waals surface area contributed by atoms with Crippen LogP contribution in [0.15, 0.2) is 52.3 Å². The van der Waals surface area contributed by atoms with Crippen molar-refractivity contribution in [3.63, 3.8) is 0 Å². The molecule has 7 heteroatoms. The number of hydrogen-bond donors (Lipinski definition) is 1. The maximum absolute atomic E-state index is 13.2. The lowest BCUT2D eigenvalue weighted by molar-refractivity contribution is 0.0517.